The van der Waals surface area contributed by atoms with Crippen molar-refractivity contribution in [2.45, 2.75) is 25.4 Å². The lowest BCUT2D eigenvalue weighted by molar-refractivity contribution is -0.129. The number of hydrogen-bond acceptors (Lipinski definition) is 2. The molecule has 3 rings (SSSR count). The third-order valence-corrected chi connectivity index (χ3v) is 3.96. The molecule has 0 saturated carbocycles. The molecule has 1 heterocycles. The molecule has 2 aromatic carbocycles. The molecule has 1 N–H and O–H groups in total. The first kappa shape index (κ1) is 14.3. The Kier molecular flexibility index (Phi) is 3.92. The number of nitrogens with one attached hydrogen (secondary N) is 1. The van der Waals surface area contributed by atoms with Crippen LogP contribution in [0, 0.1) is 0 Å². The van der Waals surface area contributed by atoms with E-state index in [1.54, 1.807) is 6.92 Å². The topological polar surface area (TPSA) is 49.4 Å². The molecule has 0 aromatic heterocycles. The Bertz CT molecular complexity index is 670. The van der Waals surface area contributed by atoms with E-state index in [4.69, 9.17) is 0 Å². The first-order chi connectivity index (χ1) is 10.7. The van der Waals surface area contributed by atoms with Gasteiger partial charge in [0, 0.05) is 6.42 Å². The second kappa shape index (κ2) is 6.02. The van der Waals surface area contributed by atoms with Crippen LogP contribution in [0.1, 0.15) is 36.6 Å². The minimum absolute atomic E-state index is 0.162. The fourth-order valence-corrected chi connectivity index (χ4v) is 2.91. The lowest BCUT2D eigenvalue weighted by Gasteiger charge is -2.25. The van der Waals surface area contributed by atoms with Gasteiger partial charge in [-0.2, -0.15) is 0 Å². The number of nitrogens with zero attached hydrogens (tertiary/aromatic N) is 1. The van der Waals surface area contributed by atoms with Gasteiger partial charge in [-0.15, -0.1) is 0 Å². The van der Waals surface area contributed by atoms with Crippen LogP contribution >= 0.6 is 0 Å². The Morgan fingerprint density at radius 3 is 2.09 bits per heavy atom. The van der Waals surface area contributed by atoms with Gasteiger partial charge < -0.3 is 5.32 Å². The quantitative estimate of drug-likeness (QED) is 0.942. The van der Waals surface area contributed by atoms with Gasteiger partial charge in [-0.05, 0) is 11.1 Å². The van der Waals surface area contributed by atoms with Crippen molar-refractivity contribution in [3.63, 3.8) is 0 Å². The van der Waals surface area contributed by atoms with E-state index in [1.165, 1.54) is 4.90 Å². The number of benzene rings is 2. The van der Waals surface area contributed by atoms with Crippen LogP contribution in [0.5, 0.6) is 0 Å². The van der Waals surface area contributed by atoms with E-state index in [0.29, 0.717) is 6.42 Å². The molecule has 3 amide bonds. The Balaban J connectivity index is 2.06. The second-order valence-corrected chi connectivity index (χ2v) is 5.31. The van der Waals surface area contributed by atoms with Gasteiger partial charge in [-0.3, -0.25) is 9.69 Å². The van der Waals surface area contributed by atoms with Crippen LogP contribution in [0.25, 0.3) is 0 Å². The van der Waals surface area contributed by atoms with Gasteiger partial charge in [-0.25, -0.2) is 4.79 Å². The summed E-state index contributed by atoms with van der Waals surface area (Å²) in [6.07, 6.45) is 0.304. The van der Waals surface area contributed by atoms with Crippen LogP contribution in [0.15, 0.2) is 60.7 Å². The van der Waals surface area contributed by atoms with Crippen molar-refractivity contribution in [2.75, 3.05) is 0 Å². The molecular formula is C18H18N2O2. The first-order valence-electron chi connectivity index (χ1n) is 7.45. The monoisotopic (exact) mass is 294 g/mol. The number of imide groups is 1. The number of rotatable bonds is 3. The largest absolute Gasteiger partial charge is 0.328 e. The molecule has 1 aliphatic rings. The lowest BCUT2D eigenvalue weighted by atomic mass is 9.94. The average Bonchev–Trinajstić information content (AvgIpc) is 2.93. The number of urea groups is 1. The molecule has 0 bridgehead atoms. The van der Waals surface area contributed by atoms with E-state index >= 15 is 0 Å². The number of hydrogen-bond donors (Lipinski definition) is 1. The smallest absolute Gasteiger partial charge is 0.325 e. The van der Waals surface area contributed by atoms with Crippen molar-refractivity contribution in [1.29, 1.82) is 0 Å². The molecule has 0 spiro atoms. The van der Waals surface area contributed by atoms with Gasteiger partial charge in [0.1, 0.15) is 0 Å². The SMILES string of the molecule is CCC(=O)N1C(=O)N[C@H](c2ccccc2)[C@H]1c1ccccc1. The molecule has 22 heavy (non-hydrogen) atoms. The maximum absolute atomic E-state index is 12.3. The molecule has 4 nitrogen and oxygen atoms in total. The van der Waals surface area contributed by atoms with E-state index in [1.807, 2.05) is 60.7 Å². The summed E-state index contributed by atoms with van der Waals surface area (Å²) in [4.78, 5) is 25.9. The first-order valence-corrected chi connectivity index (χ1v) is 7.45. The third-order valence-electron chi connectivity index (χ3n) is 3.96. The maximum Gasteiger partial charge on any atom is 0.325 e. The Morgan fingerprint density at radius 2 is 1.55 bits per heavy atom. The average molecular weight is 294 g/mol. The number of amides is 3. The zero-order valence-corrected chi connectivity index (χ0v) is 12.4. The van der Waals surface area contributed by atoms with E-state index in [0.717, 1.165) is 11.1 Å². The summed E-state index contributed by atoms with van der Waals surface area (Å²) in [6.45, 7) is 1.77. The minimum Gasteiger partial charge on any atom is -0.328 e. The van der Waals surface area contributed by atoms with E-state index < -0.39 is 0 Å². The highest BCUT2D eigenvalue weighted by atomic mass is 16.2. The van der Waals surface area contributed by atoms with Gasteiger partial charge in [-0.1, -0.05) is 67.6 Å². The fourth-order valence-electron chi connectivity index (χ4n) is 2.91. The van der Waals surface area contributed by atoms with Crippen molar-refractivity contribution in [3.05, 3.63) is 71.8 Å². The van der Waals surface area contributed by atoms with E-state index in [2.05, 4.69) is 5.32 Å². The zero-order valence-electron chi connectivity index (χ0n) is 12.4. The van der Waals surface area contributed by atoms with Crippen molar-refractivity contribution < 1.29 is 9.59 Å². The highest BCUT2D eigenvalue weighted by Crippen LogP contribution is 2.39. The summed E-state index contributed by atoms with van der Waals surface area (Å²) in [6, 6.07) is 18.6. The van der Waals surface area contributed by atoms with Crippen molar-refractivity contribution in [1.82, 2.24) is 10.2 Å². The van der Waals surface area contributed by atoms with Crippen LogP contribution in [0.2, 0.25) is 0 Å². The van der Waals surface area contributed by atoms with Crippen LogP contribution < -0.4 is 5.32 Å². The molecule has 1 aliphatic heterocycles. The van der Waals surface area contributed by atoms with Crippen molar-refractivity contribution in [2.24, 2.45) is 0 Å². The van der Waals surface area contributed by atoms with E-state index in [9.17, 15) is 9.59 Å². The normalized spacial score (nSPS) is 20.8. The number of carbonyl (C=O) groups excluding carboxylic acids is 2. The molecule has 1 saturated heterocycles. The van der Waals surface area contributed by atoms with E-state index in [-0.39, 0.29) is 24.0 Å². The Labute approximate surface area is 129 Å². The predicted octanol–water partition coefficient (Wildman–Crippen LogP) is 3.43. The predicted molar refractivity (Wildman–Crippen MR) is 84.0 cm³/mol. The van der Waals surface area contributed by atoms with Crippen molar-refractivity contribution in [3.8, 4) is 0 Å². The summed E-state index contributed by atoms with van der Waals surface area (Å²) in [7, 11) is 0. The molecule has 4 heteroatoms. The molecular weight excluding hydrogens is 276 g/mol. The highest BCUT2D eigenvalue weighted by molar-refractivity contribution is 5.97. The van der Waals surface area contributed by atoms with Crippen LogP contribution in [-0.4, -0.2) is 16.8 Å². The third kappa shape index (κ3) is 2.48. The Morgan fingerprint density at radius 1 is 1.00 bits per heavy atom. The van der Waals surface area contributed by atoms with Crippen LogP contribution in [0.3, 0.4) is 0 Å². The molecule has 2 aromatic rings. The molecule has 0 unspecified atom stereocenters. The minimum atomic E-state index is -0.324. The molecule has 0 aliphatic carbocycles. The van der Waals surface area contributed by atoms with Gasteiger partial charge in [0.15, 0.2) is 0 Å². The van der Waals surface area contributed by atoms with Gasteiger partial charge in [0.25, 0.3) is 0 Å². The van der Waals surface area contributed by atoms with Gasteiger partial charge in [0.05, 0.1) is 12.1 Å². The standard InChI is InChI=1S/C18H18N2O2/c1-2-15(21)20-17(14-11-7-4-8-12-14)16(19-18(20)22)13-9-5-3-6-10-13/h3-12,16-17H,2H2,1H3,(H,19,22)/t16-,17-/m1/s1. The van der Waals surface area contributed by atoms with Gasteiger partial charge >= 0.3 is 6.03 Å². The fraction of sp³-hybridized carbons (Fsp3) is 0.222. The summed E-state index contributed by atoms with van der Waals surface area (Å²) in [5.41, 5.74) is 1.95. The second-order valence-electron chi connectivity index (χ2n) is 5.31. The molecule has 1 fully saturated rings. The molecule has 0 radical (unpaired) electrons. The lowest BCUT2D eigenvalue weighted by Crippen LogP contribution is -2.35. The summed E-state index contributed by atoms with van der Waals surface area (Å²) < 4.78 is 0. The molecule has 112 valence electrons. The van der Waals surface area contributed by atoms with Crippen LogP contribution in [-0.2, 0) is 4.79 Å². The number of carbonyl (C=O) groups is 2. The maximum atomic E-state index is 12.3. The van der Waals surface area contributed by atoms with Crippen LogP contribution in [0.4, 0.5) is 4.79 Å². The Hall–Kier alpha value is -2.62. The molecule has 2 atom stereocenters. The highest BCUT2D eigenvalue weighted by Gasteiger charge is 2.43. The summed E-state index contributed by atoms with van der Waals surface area (Å²) in [5, 5.41) is 2.95. The summed E-state index contributed by atoms with van der Waals surface area (Å²) in [5.74, 6) is -0.162. The zero-order chi connectivity index (χ0) is 15.5. The summed E-state index contributed by atoms with van der Waals surface area (Å²) >= 11 is 0. The van der Waals surface area contributed by atoms with Crippen molar-refractivity contribution >= 4 is 11.9 Å². The van der Waals surface area contributed by atoms with Gasteiger partial charge in [0.2, 0.25) is 5.91 Å².